The molecule has 5 heterocycles. The molecule has 2 aliphatic rings. The third kappa shape index (κ3) is 6.05. The number of methoxy groups -OCH3 is 1. The molecular weight excluding hydrogens is 656 g/mol. The van der Waals surface area contributed by atoms with E-state index in [4.69, 9.17) is 30.8 Å². The number of alkyl halides is 3. The largest absolute Gasteiger partial charge is 0.451 e. The van der Waals surface area contributed by atoms with Crippen LogP contribution in [0.3, 0.4) is 0 Å². The molecule has 1 N–H and O–H groups in total. The number of halogens is 5. The fourth-order valence-corrected chi connectivity index (χ4v) is 6.43. The number of aromatic nitrogens is 7. The summed E-state index contributed by atoms with van der Waals surface area (Å²) in [5.74, 6) is -1.19. The normalized spacial score (nSPS) is 19.3. The van der Waals surface area contributed by atoms with Crippen LogP contribution in [0, 0.1) is 5.82 Å². The first-order valence-electron chi connectivity index (χ1n) is 15.4. The van der Waals surface area contributed by atoms with Crippen LogP contribution in [0.1, 0.15) is 55.4 Å². The fraction of sp³-hybridized carbons (Fsp3) is 0.406. The number of piperidine rings is 1. The quantitative estimate of drug-likeness (QED) is 0.183. The standard InChI is InChI=1S/C32H31ClF4N8O3/c1-17(46-3)15-45-26(38-24-14-23(40-42-29(24)45)28-39-30(43-41-28)32(35,36)37)16-44-11-9-18(10-12-44)20-5-4-6-25-27(20)48-31(2,47-25)21-8-7-19(33)13-22(21)34/h4-8,13-14,17-18H,9-12,15-16H2,1-3H3,(H,39,41,43). The number of hydrogen-bond acceptors (Lipinski definition) is 9. The van der Waals surface area contributed by atoms with Gasteiger partial charge in [0.1, 0.15) is 22.9 Å². The average molecular weight is 687 g/mol. The zero-order valence-corrected chi connectivity index (χ0v) is 26.9. The van der Waals surface area contributed by atoms with E-state index < -0.39 is 23.6 Å². The van der Waals surface area contributed by atoms with Gasteiger partial charge < -0.3 is 18.8 Å². The second kappa shape index (κ2) is 12.3. The summed E-state index contributed by atoms with van der Waals surface area (Å²) in [5, 5.41) is 14.3. The van der Waals surface area contributed by atoms with Crippen LogP contribution in [0.25, 0.3) is 22.7 Å². The van der Waals surface area contributed by atoms with Crippen molar-refractivity contribution < 1.29 is 31.8 Å². The minimum atomic E-state index is -4.67. The van der Waals surface area contributed by atoms with E-state index in [1.54, 1.807) is 26.2 Å². The Morgan fingerprint density at radius 1 is 1.10 bits per heavy atom. The maximum absolute atomic E-state index is 14.9. The first-order valence-corrected chi connectivity index (χ1v) is 15.7. The minimum Gasteiger partial charge on any atom is -0.444 e. The van der Waals surface area contributed by atoms with E-state index in [2.05, 4.69) is 25.2 Å². The summed E-state index contributed by atoms with van der Waals surface area (Å²) >= 11 is 5.97. The molecule has 7 rings (SSSR count). The second-order valence-corrected chi connectivity index (χ2v) is 12.6. The number of fused-ring (bicyclic) bond motifs is 2. The van der Waals surface area contributed by atoms with Crippen molar-refractivity contribution >= 4 is 22.8 Å². The third-order valence-corrected chi connectivity index (χ3v) is 9.06. The molecule has 2 aliphatic heterocycles. The number of H-pyrrole nitrogens is 1. The highest BCUT2D eigenvalue weighted by atomic mass is 35.5. The lowest BCUT2D eigenvalue weighted by atomic mass is 9.88. The number of likely N-dealkylation sites (tertiary alicyclic amines) is 1. The first kappa shape index (κ1) is 32.2. The SMILES string of the molecule is COC(C)Cn1c(CN2CCC(c3cccc4c3OC(C)(c3ccc(Cl)cc3F)O4)CC2)nc2cc(-c3n[nH]c(C(F)(F)F)n3)nnc21. The van der Waals surface area contributed by atoms with E-state index in [9.17, 15) is 17.6 Å². The molecule has 0 amide bonds. The van der Waals surface area contributed by atoms with Crippen LogP contribution < -0.4 is 9.47 Å². The van der Waals surface area contributed by atoms with E-state index in [1.807, 2.05) is 34.8 Å². The van der Waals surface area contributed by atoms with Crippen molar-refractivity contribution in [1.82, 2.24) is 39.8 Å². The van der Waals surface area contributed by atoms with Crippen molar-refractivity contribution in [3.8, 4) is 23.0 Å². The lowest BCUT2D eigenvalue weighted by Crippen LogP contribution is -2.34. The highest BCUT2D eigenvalue weighted by molar-refractivity contribution is 6.30. The van der Waals surface area contributed by atoms with Gasteiger partial charge in [0.25, 0.3) is 5.79 Å². The Labute approximate surface area is 277 Å². The molecule has 252 valence electrons. The van der Waals surface area contributed by atoms with Gasteiger partial charge in [-0.3, -0.25) is 10.00 Å². The first-order chi connectivity index (χ1) is 22.9. The Morgan fingerprint density at radius 2 is 1.90 bits per heavy atom. The van der Waals surface area contributed by atoms with Crippen LogP contribution >= 0.6 is 11.6 Å². The molecule has 3 aromatic heterocycles. The van der Waals surface area contributed by atoms with Gasteiger partial charge in [-0.05, 0) is 69.1 Å². The molecule has 5 aromatic rings. The molecule has 0 aliphatic carbocycles. The molecule has 0 spiro atoms. The molecule has 2 unspecified atom stereocenters. The maximum Gasteiger partial charge on any atom is 0.451 e. The van der Waals surface area contributed by atoms with Crippen molar-refractivity contribution in [2.24, 2.45) is 0 Å². The molecule has 1 saturated heterocycles. The minimum absolute atomic E-state index is 0.0718. The Balaban J connectivity index is 1.09. The number of nitrogens with zero attached hydrogens (tertiary/aromatic N) is 7. The van der Waals surface area contributed by atoms with E-state index in [-0.39, 0.29) is 29.1 Å². The molecule has 2 aromatic carbocycles. The number of para-hydroxylation sites is 1. The molecule has 0 bridgehead atoms. The Bertz CT molecular complexity index is 1980. The van der Waals surface area contributed by atoms with Crippen LogP contribution in [0.15, 0.2) is 42.5 Å². The number of benzene rings is 2. The van der Waals surface area contributed by atoms with Gasteiger partial charge in [-0.15, -0.1) is 10.2 Å². The van der Waals surface area contributed by atoms with E-state index in [0.29, 0.717) is 40.8 Å². The molecule has 11 nitrogen and oxygen atoms in total. The van der Waals surface area contributed by atoms with Crippen LogP contribution in [0.4, 0.5) is 17.6 Å². The summed E-state index contributed by atoms with van der Waals surface area (Å²) < 4.78 is 74.0. The second-order valence-electron chi connectivity index (χ2n) is 12.1. The lowest BCUT2D eigenvalue weighted by molar-refractivity contribution is -0.144. The Hall–Kier alpha value is -4.34. The van der Waals surface area contributed by atoms with Gasteiger partial charge in [-0.2, -0.15) is 18.3 Å². The molecule has 0 saturated carbocycles. The molecule has 2 atom stereocenters. The summed E-state index contributed by atoms with van der Waals surface area (Å²) in [6.45, 7) is 6.10. The summed E-state index contributed by atoms with van der Waals surface area (Å²) in [7, 11) is 1.61. The average Bonchev–Trinajstić information content (AvgIpc) is 3.77. The monoisotopic (exact) mass is 686 g/mol. The van der Waals surface area contributed by atoms with E-state index >= 15 is 0 Å². The maximum atomic E-state index is 14.9. The van der Waals surface area contributed by atoms with Crippen molar-refractivity contribution in [3.05, 3.63) is 76.1 Å². The number of nitrogens with one attached hydrogen (secondary N) is 1. The van der Waals surface area contributed by atoms with E-state index in [1.165, 1.54) is 12.1 Å². The van der Waals surface area contributed by atoms with Crippen molar-refractivity contribution in [3.63, 3.8) is 0 Å². The molecular formula is C32H31ClF4N8O3. The highest BCUT2D eigenvalue weighted by Gasteiger charge is 2.43. The van der Waals surface area contributed by atoms with Gasteiger partial charge in [0.05, 0.1) is 24.8 Å². The van der Waals surface area contributed by atoms with Crippen LogP contribution in [0.5, 0.6) is 11.5 Å². The van der Waals surface area contributed by atoms with Gasteiger partial charge in [0.2, 0.25) is 11.6 Å². The molecule has 16 heteroatoms. The number of ether oxygens (including phenoxy) is 3. The summed E-state index contributed by atoms with van der Waals surface area (Å²) in [6, 6.07) is 11.7. The molecule has 1 fully saturated rings. The highest BCUT2D eigenvalue weighted by Crippen LogP contribution is 2.50. The molecule has 48 heavy (non-hydrogen) atoms. The summed E-state index contributed by atoms with van der Waals surface area (Å²) in [6.07, 6.45) is -3.17. The van der Waals surface area contributed by atoms with E-state index in [0.717, 1.165) is 37.3 Å². The van der Waals surface area contributed by atoms with Crippen molar-refractivity contribution in [2.75, 3.05) is 20.2 Å². The zero-order chi connectivity index (χ0) is 33.8. The van der Waals surface area contributed by atoms with Gasteiger partial charge in [-0.1, -0.05) is 23.7 Å². The number of imidazole rings is 1. The predicted molar refractivity (Wildman–Crippen MR) is 166 cm³/mol. The number of rotatable bonds is 8. The Kier molecular flexibility index (Phi) is 8.24. The smallest absolute Gasteiger partial charge is 0.444 e. The fourth-order valence-electron chi connectivity index (χ4n) is 6.27. The van der Waals surface area contributed by atoms with Crippen LogP contribution in [-0.2, 0) is 29.8 Å². The number of hydrogen-bond donors (Lipinski definition) is 1. The predicted octanol–water partition coefficient (Wildman–Crippen LogP) is 6.48. The van der Waals surface area contributed by atoms with Crippen LogP contribution in [-0.4, -0.2) is 66.1 Å². The topological polar surface area (TPSA) is 116 Å². The van der Waals surface area contributed by atoms with Crippen molar-refractivity contribution in [1.29, 1.82) is 0 Å². The van der Waals surface area contributed by atoms with Crippen LogP contribution in [0.2, 0.25) is 5.02 Å². The molecule has 0 radical (unpaired) electrons. The summed E-state index contributed by atoms with van der Waals surface area (Å²) in [4.78, 5) is 10.6. The summed E-state index contributed by atoms with van der Waals surface area (Å²) in [5.41, 5.74) is 2.29. The Morgan fingerprint density at radius 3 is 2.60 bits per heavy atom. The van der Waals surface area contributed by atoms with Crippen molar-refractivity contribution in [2.45, 2.75) is 63.8 Å². The zero-order valence-electron chi connectivity index (χ0n) is 26.2. The van der Waals surface area contributed by atoms with Gasteiger partial charge in [-0.25, -0.2) is 14.4 Å². The van der Waals surface area contributed by atoms with Gasteiger partial charge in [0, 0.05) is 24.6 Å². The van der Waals surface area contributed by atoms with Gasteiger partial charge >= 0.3 is 6.18 Å². The third-order valence-electron chi connectivity index (χ3n) is 8.82. The van der Waals surface area contributed by atoms with Gasteiger partial charge in [0.15, 0.2) is 17.1 Å². The number of aromatic amines is 1. The lowest BCUT2D eigenvalue weighted by Gasteiger charge is -2.32.